The molecule has 2 heterocycles. The van der Waals surface area contributed by atoms with E-state index >= 15 is 0 Å². The lowest BCUT2D eigenvalue weighted by Gasteiger charge is -2.15. The van der Waals surface area contributed by atoms with Crippen LogP contribution in [0.1, 0.15) is 19.3 Å². The topological polar surface area (TPSA) is 73.6 Å². The Morgan fingerprint density at radius 2 is 2.27 bits per heavy atom. The highest BCUT2D eigenvalue weighted by molar-refractivity contribution is 5.81. The highest BCUT2D eigenvalue weighted by Crippen LogP contribution is 2.19. The minimum absolute atomic E-state index is 0.0125. The van der Waals surface area contributed by atoms with Gasteiger partial charge in [-0.2, -0.15) is 0 Å². The zero-order chi connectivity index (χ0) is 10.7. The van der Waals surface area contributed by atoms with Crippen LogP contribution in [0.3, 0.4) is 0 Å². The minimum Gasteiger partial charge on any atom is -0.379 e. The van der Waals surface area contributed by atoms with Gasteiger partial charge in [-0.3, -0.25) is 4.79 Å². The van der Waals surface area contributed by atoms with Gasteiger partial charge >= 0.3 is 0 Å². The fraction of sp³-hybridized carbons (Fsp3) is 0.900. The van der Waals surface area contributed by atoms with E-state index in [0.717, 1.165) is 25.9 Å². The number of carbonyl (C=O) groups excluding carboxylic acids is 1. The molecule has 2 aliphatic rings. The van der Waals surface area contributed by atoms with Gasteiger partial charge in [-0.15, -0.1) is 0 Å². The maximum Gasteiger partial charge on any atom is 0.249 e. The van der Waals surface area contributed by atoms with Crippen LogP contribution in [-0.4, -0.2) is 43.9 Å². The molecule has 0 radical (unpaired) electrons. The second-order valence-corrected chi connectivity index (χ2v) is 4.13. The van der Waals surface area contributed by atoms with Gasteiger partial charge in [0.25, 0.3) is 0 Å². The van der Waals surface area contributed by atoms with Gasteiger partial charge in [0, 0.05) is 13.2 Å². The predicted molar refractivity (Wildman–Crippen MR) is 54.3 cm³/mol. The zero-order valence-corrected chi connectivity index (χ0v) is 8.78. The minimum atomic E-state index is -0.306. The molecule has 2 aliphatic heterocycles. The first-order valence-electron chi connectivity index (χ1n) is 5.53. The van der Waals surface area contributed by atoms with Crippen LogP contribution in [0.5, 0.6) is 0 Å². The molecule has 5 heteroatoms. The molecule has 2 fully saturated rings. The summed E-state index contributed by atoms with van der Waals surface area (Å²) in [6.07, 6.45) is 2.32. The molecule has 15 heavy (non-hydrogen) atoms. The molecule has 2 rings (SSSR count). The van der Waals surface area contributed by atoms with Crippen LogP contribution in [0.4, 0.5) is 0 Å². The van der Waals surface area contributed by atoms with Crippen LogP contribution in [-0.2, 0) is 14.3 Å². The summed E-state index contributed by atoms with van der Waals surface area (Å²) < 4.78 is 10.7. The molecule has 2 saturated heterocycles. The number of hydrogen-bond acceptors (Lipinski definition) is 4. The molecule has 0 aromatic rings. The van der Waals surface area contributed by atoms with Crippen molar-refractivity contribution in [1.82, 2.24) is 5.32 Å². The molecule has 3 N–H and O–H groups in total. The molecule has 0 saturated carbocycles. The van der Waals surface area contributed by atoms with E-state index in [0.29, 0.717) is 13.2 Å². The smallest absolute Gasteiger partial charge is 0.249 e. The molecule has 0 spiro atoms. The summed E-state index contributed by atoms with van der Waals surface area (Å²) in [5.74, 6) is -0.0125. The Morgan fingerprint density at radius 3 is 2.87 bits per heavy atom. The fourth-order valence-electron chi connectivity index (χ4n) is 2.01. The van der Waals surface area contributed by atoms with Crippen molar-refractivity contribution in [2.75, 3.05) is 19.8 Å². The second-order valence-electron chi connectivity index (χ2n) is 4.13. The highest BCUT2D eigenvalue weighted by Gasteiger charge is 2.31. The third-order valence-corrected chi connectivity index (χ3v) is 2.94. The summed E-state index contributed by atoms with van der Waals surface area (Å²) in [6.45, 7) is 1.86. The summed E-state index contributed by atoms with van der Waals surface area (Å²) in [6, 6.07) is 0.165. The Hall–Kier alpha value is -0.650. The molecule has 0 bridgehead atoms. The van der Waals surface area contributed by atoms with Crippen molar-refractivity contribution in [2.24, 2.45) is 5.73 Å². The van der Waals surface area contributed by atoms with Gasteiger partial charge in [-0.1, -0.05) is 0 Å². The Bertz CT molecular complexity index is 229. The van der Waals surface area contributed by atoms with Crippen LogP contribution < -0.4 is 11.1 Å². The summed E-state index contributed by atoms with van der Waals surface area (Å²) in [7, 11) is 0. The zero-order valence-electron chi connectivity index (χ0n) is 8.78. The first-order valence-corrected chi connectivity index (χ1v) is 5.53. The number of rotatable bonds is 3. The van der Waals surface area contributed by atoms with Crippen LogP contribution >= 0.6 is 0 Å². The van der Waals surface area contributed by atoms with E-state index in [1.807, 2.05) is 0 Å². The van der Waals surface area contributed by atoms with Crippen molar-refractivity contribution in [3.63, 3.8) is 0 Å². The Morgan fingerprint density at radius 1 is 1.40 bits per heavy atom. The number of carbonyl (C=O) groups is 1. The lowest BCUT2D eigenvalue weighted by Crippen LogP contribution is -2.42. The van der Waals surface area contributed by atoms with Crippen molar-refractivity contribution < 1.29 is 14.3 Å². The number of hydrogen-bond donors (Lipinski definition) is 2. The van der Waals surface area contributed by atoms with E-state index < -0.39 is 0 Å². The normalized spacial score (nSPS) is 35.7. The molecule has 0 aromatic heterocycles. The molecule has 86 valence electrons. The molecule has 3 atom stereocenters. The molecule has 0 aliphatic carbocycles. The predicted octanol–water partition coefficient (Wildman–Crippen LogP) is -0.602. The number of nitrogens with one attached hydrogen (secondary N) is 1. The average Bonchev–Trinajstić information content (AvgIpc) is 2.86. The van der Waals surface area contributed by atoms with Gasteiger partial charge in [0.05, 0.1) is 18.8 Å². The third-order valence-electron chi connectivity index (χ3n) is 2.94. The maximum absolute atomic E-state index is 11.7. The quantitative estimate of drug-likeness (QED) is 0.658. The summed E-state index contributed by atoms with van der Waals surface area (Å²) in [5, 5.41) is 2.94. The van der Waals surface area contributed by atoms with Crippen LogP contribution in [0.25, 0.3) is 0 Å². The maximum atomic E-state index is 11.7. The number of ether oxygens (including phenoxy) is 2. The van der Waals surface area contributed by atoms with Crippen LogP contribution in [0, 0.1) is 0 Å². The van der Waals surface area contributed by atoms with E-state index in [9.17, 15) is 4.79 Å². The van der Waals surface area contributed by atoms with Gasteiger partial charge in [-0.25, -0.2) is 0 Å². The van der Waals surface area contributed by atoms with Crippen LogP contribution in [0.15, 0.2) is 0 Å². The van der Waals surface area contributed by atoms with Gasteiger partial charge in [0.1, 0.15) is 6.10 Å². The molecule has 0 aromatic carbocycles. The summed E-state index contributed by atoms with van der Waals surface area (Å²) >= 11 is 0. The van der Waals surface area contributed by atoms with E-state index in [2.05, 4.69) is 5.32 Å². The molecule has 5 nitrogen and oxygen atoms in total. The van der Waals surface area contributed by atoms with E-state index in [1.54, 1.807) is 0 Å². The van der Waals surface area contributed by atoms with Crippen molar-refractivity contribution >= 4 is 5.91 Å². The van der Waals surface area contributed by atoms with Crippen molar-refractivity contribution in [1.29, 1.82) is 0 Å². The average molecular weight is 214 g/mol. The summed E-state index contributed by atoms with van der Waals surface area (Å²) in [5.41, 5.74) is 5.48. The van der Waals surface area contributed by atoms with E-state index in [-0.39, 0.29) is 24.2 Å². The molecule has 3 unspecified atom stereocenters. The second kappa shape index (κ2) is 4.92. The van der Waals surface area contributed by atoms with E-state index in [4.69, 9.17) is 15.2 Å². The Labute approximate surface area is 89.3 Å². The van der Waals surface area contributed by atoms with E-state index in [1.165, 1.54) is 0 Å². The van der Waals surface area contributed by atoms with Crippen molar-refractivity contribution in [2.45, 2.75) is 37.5 Å². The van der Waals surface area contributed by atoms with Gasteiger partial charge < -0.3 is 20.5 Å². The Balaban J connectivity index is 1.76. The first kappa shape index (κ1) is 10.9. The standard InChI is InChI=1S/C10H18N2O3/c11-5-8-1-2-9(15-8)10(13)12-7-3-4-14-6-7/h7-9H,1-6,11H2,(H,12,13). The first-order chi connectivity index (χ1) is 7.29. The van der Waals surface area contributed by atoms with Gasteiger partial charge in [0.2, 0.25) is 5.91 Å². The fourth-order valence-corrected chi connectivity index (χ4v) is 2.01. The number of nitrogens with two attached hydrogens (primary N) is 1. The summed E-state index contributed by atoms with van der Waals surface area (Å²) in [4.78, 5) is 11.7. The van der Waals surface area contributed by atoms with Gasteiger partial charge in [-0.05, 0) is 19.3 Å². The molecular formula is C10H18N2O3. The Kier molecular flexibility index (Phi) is 3.56. The third kappa shape index (κ3) is 2.68. The van der Waals surface area contributed by atoms with Gasteiger partial charge in [0.15, 0.2) is 0 Å². The monoisotopic (exact) mass is 214 g/mol. The number of amides is 1. The highest BCUT2D eigenvalue weighted by atomic mass is 16.5. The van der Waals surface area contributed by atoms with Crippen molar-refractivity contribution in [3.05, 3.63) is 0 Å². The van der Waals surface area contributed by atoms with Crippen molar-refractivity contribution in [3.8, 4) is 0 Å². The SMILES string of the molecule is NCC1CCC(C(=O)NC2CCOC2)O1. The molecule has 1 amide bonds. The lowest BCUT2D eigenvalue weighted by atomic mass is 10.1. The largest absolute Gasteiger partial charge is 0.379 e. The molecular weight excluding hydrogens is 196 g/mol. The van der Waals surface area contributed by atoms with Crippen LogP contribution in [0.2, 0.25) is 0 Å². The lowest BCUT2D eigenvalue weighted by molar-refractivity contribution is -0.132.